The molecule has 1 atom stereocenters. The van der Waals surface area contributed by atoms with Gasteiger partial charge >= 0.3 is 0 Å². The Morgan fingerprint density at radius 1 is 1.50 bits per heavy atom. The first kappa shape index (κ1) is 10.8. The maximum absolute atomic E-state index is 5.77. The molecule has 0 amide bonds. The zero-order chi connectivity index (χ0) is 10.6. The molecule has 1 aromatic heterocycles. The molecule has 1 heterocycles. The first-order valence-corrected chi connectivity index (χ1v) is 4.88. The van der Waals surface area contributed by atoms with E-state index in [9.17, 15) is 0 Å². The molecule has 0 bridgehead atoms. The molecule has 4 heteroatoms. The third-order valence-electron chi connectivity index (χ3n) is 2.00. The normalized spacial score (nSPS) is 14.7. The van der Waals surface area contributed by atoms with Crippen LogP contribution in [0.5, 0.6) is 0 Å². The highest BCUT2D eigenvalue weighted by molar-refractivity contribution is 5.82. The molecular weight excluding hydrogens is 176 g/mol. The first-order chi connectivity index (χ1) is 6.59. The Hall–Kier alpha value is -1.32. The molecule has 0 saturated carbocycles. The van der Waals surface area contributed by atoms with Gasteiger partial charge in [0.05, 0.1) is 18.2 Å². The number of hydrogen-bond donors (Lipinski definition) is 1. The fourth-order valence-corrected chi connectivity index (χ4v) is 1.14. The van der Waals surface area contributed by atoms with Gasteiger partial charge in [0.2, 0.25) is 0 Å². The van der Waals surface area contributed by atoms with E-state index in [0.717, 1.165) is 12.4 Å². The predicted molar refractivity (Wildman–Crippen MR) is 58.1 cm³/mol. The highest BCUT2D eigenvalue weighted by atomic mass is 15.0. The first-order valence-electron chi connectivity index (χ1n) is 4.88. The van der Waals surface area contributed by atoms with Gasteiger partial charge in [-0.1, -0.05) is 13.8 Å². The number of aliphatic imine (C=N–C) groups is 1. The number of amidine groups is 1. The number of hydrogen-bond acceptors (Lipinski definition) is 2. The summed E-state index contributed by atoms with van der Waals surface area (Å²) in [5, 5.41) is 0. The van der Waals surface area contributed by atoms with Gasteiger partial charge in [0, 0.05) is 24.9 Å². The van der Waals surface area contributed by atoms with Crippen molar-refractivity contribution in [2.75, 3.05) is 0 Å². The summed E-state index contributed by atoms with van der Waals surface area (Å²) in [6.07, 6.45) is 5.48. The van der Waals surface area contributed by atoms with Crippen molar-refractivity contribution >= 4 is 5.84 Å². The number of imidazole rings is 1. The second-order valence-electron chi connectivity index (χ2n) is 3.82. The van der Waals surface area contributed by atoms with Gasteiger partial charge in [-0.3, -0.25) is 4.99 Å². The molecule has 0 aliphatic rings. The van der Waals surface area contributed by atoms with Crippen LogP contribution in [0.2, 0.25) is 0 Å². The molecule has 0 aliphatic heterocycles. The van der Waals surface area contributed by atoms with Crippen molar-refractivity contribution in [3.05, 3.63) is 18.7 Å². The molecule has 0 spiro atoms. The van der Waals surface area contributed by atoms with Gasteiger partial charge in [0.1, 0.15) is 0 Å². The number of nitrogens with two attached hydrogens (primary N) is 1. The molecule has 1 aromatic rings. The summed E-state index contributed by atoms with van der Waals surface area (Å²) in [6, 6.07) is 0.201. The van der Waals surface area contributed by atoms with Crippen molar-refractivity contribution in [2.45, 2.75) is 33.4 Å². The Balaban J connectivity index is 2.51. The van der Waals surface area contributed by atoms with E-state index in [-0.39, 0.29) is 6.04 Å². The SMILES string of the molecule is CC(Cn1ccnc1)N=C(N)C(C)C. The van der Waals surface area contributed by atoms with E-state index in [1.807, 2.05) is 24.6 Å². The fraction of sp³-hybridized carbons (Fsp3) is 0.600. The molecule has 0 saturated heterocycles. The maximum atomic E-state index is 5.77. The van der Waals surface area contributed by atoms with Crippen LogP contribution in [0.3, 0.4) is 0 Å². The van der Waals surface area contributed by atoms with Crippen molar-refractivity contribution in [1.29, 1.82) is 0 Å². The molecule has 14 heavy (non-hydrogen) atoms. The van der Waals surface area contributed by atoms with E-state index in [1.54, 1.807) is 12.5 Å². The predicted octanol–water partition coefficient (Wildman–Crippen LogP) is 1.28. The van der Waals surface area contributed by atoms with Crippen LogP contribution < -0.4 is 5.73 Å². The lowest BCUT2D eigenvalue weighted by Gasteiger charge is -2.10. The highest BCUT2D eigenvalue weighted by Crippen LogP contribution is 1.99. The van der Waals surface area contributed by atoms with E-state index in [4.69, 9.17) is 5.73 Å². The van der Waals surface area contributed by atoms with Gasteiger partial charge in [-0.25, -0.2) is 4.98 Å². The molecule has 1 rings (SSSR count). The Labute approximate surface area is 84.9 Å². The second-order valence-corrected chi connectivity index (χ2v) is 3.82. The lowest BCUT2D eigenvalue weighted by molar-refractivity contribution is 0.587. The number of nitrogens with zero attached hydrogens (tertiary/aromatic N) is 3. The van der Waals surface area contributed by atoms with E-state index in [1.165, 1.54) is 0 Å². The molecule has 0 aromatic carbocycles. The van der Waals surface area contributed by atoms with Gasteiger partial charge in [-0.05, 0) is 6.92 Å². The van der Waals surface area contributed by atoms with Gasteiger partial charge in [-0.15, -0.1) is 0 Å². The van der Waals surface area contributed by atoms with E-state index < -0.39 is 0 Å². The molecule has 0 aliphatic carbocycles. The van der Waals surface area contributed by atoms with E-state index in [0.29, 0.717) is 5.92 Å². The molecular formula is C10H18N4. The third-order valence-corrected chi connectivity index (χ3v) is 2.00. The molecule has 2 N–H and O–H groups in total. The Kier molecular flexibility index (Phi) is 3.68. The zero-order valence-corrected chi connectivity index (χ0v) is 9.01. The van der Waals surface area contributed by atoms with Crippen LogP contribution in [0.1, 0.15) is 20.8 Å². The molecule has 78 valence electrons. The minimum Gasteiger partial charge on any atom is -0.387 e. The smallest absolute Gasteiger partial charge is 0.0966 e. The highest BCUT2D eigenvalue weighted by Gasteiger charge is 2.04. The van der Waals surface area contributed by atoms with Crippen molar-refractivity contribution in [3.63, 3.8) is 0 Å². The van der Waals surface area contributed by atoms with Crippen LogP contribution in [0.15, 0.2) is 23.7 Å². The van der Waals surface area contributed by atoms with Crippen LogP contribution in [0.4, 0.5) is 0 Å². The lowest BCUT2D eigenvalue weighted by atomic mass is 10.2. The van der Waals surface area contributed by atoms with Crippen molar-refractivity contribution in [1.82, 2.24) is 9.55 Å². The van der Waals surface area contributed by atoms with Crippen LogP contribution in [-0.4, -0.2) is 21.4 Å². The molecule has 4 nitrogen and oxygen atoms in total. The Morgan fingerprint density at radius 2 is 2.21 bits per heavy atom. The monoisotopic (exact) mass is 194 g/mol. The van der Waals surface area contributed by atoms with Crippen LogP contribution in [0, 0.1) is 5.92 Å². The molecule has 1 unspecified atom stereocenters. The third kappa shape index (κ3) is 3.20. The minimum absolute atomic E-state index is 0.201. The number of aromatic nitrogens is 2. The summed E-state index contributed by atoms with van der Waals surface area (Å²) in [5.41, 5.74) is 5.77. The van der Waals surface area contributed by atoms with Crippen molar-refractivity contribution in [2.24, 2.45) is 16.6 Å². The Bertz CT molecular complexity index is 287. The summed E-state index contributed by atoms with van der Waals surface area (Å²) in [7, 11) is 0. The quantitative estimate of drug-likeness (QED) is 0.580. The summed E-state index contributed by atoms with van der Waals surface area (Å²) in [4.78, 5) is 8.37. The molecule has 0 fully saturated rings. The summed E-state index contributed by atoms with van der Waals surface area (Å²) in [5.74, 6) is 1.04. The fourth-order valence-electron chi connectivity index (χ4n) is 1.14. The summed E-state index contributed by atoms with van der Waals surface area (Å²) < 4.78 is 2.00. The standard InChI is InChI=1S/C10H18N4/c1-8(2)10(11)13-9(3)6-14-5-4-12-7-14/h4-5,7-9H,6H2,1-3H3,(H2,11,13). The van der Waals surface area contributed by atoms with E-state index in [2.05, 4.69) is 16.9 Å². The summed E-state index contributed by atoms with van der Waals surface area (Å²) in [6.45, 7) is 6.97. The van der Waals surface area contributed by atoms with Crippen LogP contribution in [0.25, 0.3) is 0 Å². The Morgan fingerprint density at radius 3 is 2.71 bits per heavy atom. The maximum Gasteiger partial charge on any atom is 0.0966 e. The van der Waals surface area contributed by atoms with Crippen molar-refractivity contribution in [3.8, 4) is 0 Å². The van der Waals surface area contributed by atoms with Crippen LogP contribution >= 0.6 is 0 Å². The van der Waals surface area contributed by atoms with Crippen LogP contribution in [-0.2, 0) is 6.54 Å². The largest absolute Gasteiger partial charge is 0.387 e. The summed E-state index contributed by atoms with van der Waals surface area (Å²) >= 11 is 0. The number of rotatable bonds is 4. The minimum atomic E-state index is 0.201. The van der Waals surface area contributed by atoms with Gasteiger partial charge in [0.15, 0.2) is 0 Å². The molecule has 0 radical (unpaired) electrons. The van der Waals surface area contributed by atoms with Gasteiger partial charge < -0.3 is 10.3 Å². The lowest BCUT2D eigenvalue weighted by Crippen LogP contribution is -2.22. The van der Waals surface area contributed by atoms with Crippen molar-refractivity contribution < 1.29 is 0 Å². The average Bonchev–Trinajstić information content (AvgIpc) is 2.56. The topological polar surface area (TPSA) is 56.2 Å². The van der Waals surface area contributed by atoms with Gasteiger partial charge in [-0.2, -0.15) is 0 Å². The second kappa shape index (κ2) is 4.79. The average molecular weight is 194 g/mol. The zero-order valence-electron chi connectivity index (χ0n) is 9.01. The van der Waals surface area contributed by atoms with Gasteiger partial charge in [0.25, 0.3) is 0 Å². The van der Waals surface area contributed by atoms with E-state index >= 15 is 0 Å².